The third-order valence-corrected chi connectivity index (χ3v) is 3.23. The van der Waals surface area contributed by atoms with E-state index in [0.29, 0.717) is 0 Å². The van der Waals surface area contributed by atoms with Crippen molar-refractivity contribution < 1.29 is 23.5 Å². The number of hydrogen-bond acceptors (Lipinski definition) is 4. The molecule has 1 heterocycles. The van der Waals surface area contributed by atoms with Crippen molar-refractivity contribution in [3.8, 4) is 0 Å². The molecule has 0 unspecified atom stereocenters. The Morgan fingerprint density at radius 3 is 2.65 bits per heavy atom. The van der Waals surface area contributed by atoms with Gasteiger partial charge in [0, 0.05) is 13.2 Å². The smallest absolute Gasteiger partial charge is 0.340 e. The van der Waals surface area contributed by atoms with Gasteiger partial charge in [0.25, 0.3) is 11.8 Å². The zero-order chi connectivity index (χ0) is 17.0. The van der Waals surface area contributed by atoms with Gasteiger partial charge in [0.1, 0.15) is 11.5 Å². The Morgan fingerprint density at radius 2 is 2.04 bits per heavy atom. The van der Waals surface area contributed by atoms with Gasteiger partial charge in [0.05, 0.1) is 10.6 Å². The number of esters is 1. The van der Waals surface area contributed by atoms with E-state index in [1.807, 2.05) is 0 Å². The van der Waals surface area contributed by atoms with Crippen molar-refractivity contribution in [2.75, 3.05) is 6.61 Å². The number of rotatable bonds is 4. The summed E-state index contributed by atoms with van der Waals surface area (Å²) in [4.78, 5) is 35.2. The Balaban J connectivity index is 1.90. The molecule has 8 heteroatoms. The van der Waals surface area contributed by atoms with Gasteiger partial charge in [-0.05, 0) is 30.3 Å². The molecule has 0 aliphatic rings. The molecule has 0 spiro atoms. The van der Waals surface area contributed by atoms with Gasteiger partial charge in [-0.2, -0.15) is 0 Å². The lowest BCUT2D eigenvalue weighted by Gasteiger charge is -2.07. The fraction of sp³-hybridized carbons (Fsp3) is 0.133. The summed E-state index contributed by atoms with van der Waals surface area (Å²) in [5.41, 5.74) is 0.209. The third kappa shape index (κ3) is 4.17. The third-order valence-electron chi connectivity index (χ3n) is 2.91. The zero-order valence-corrected chi connectivity index (χ0v) is 12.8. The second-order valence-corrected chi connectivity index (χ2v) is 4.99. The molecule has 0 saturated heterocycles. The van der Waals surface area contributed by atoms with E-state index in [1.54, 1.807) is 19.3 Å². The summed E-state index contributed by atoms with van der Waals surface area (Å²) in [6.45, 7) is -0.664. The molecule has 0 radical (unpaired) electrons. The number of carbonyl (C=O) groups is 3. The molecular weight excluding hydrogens is 327 g/mol. The van der Waals surface area contributed by atoms with Crippen molar-refractivity contribution in [2.24, 2.45) is 7.05 Å². The van der Waals surface area contributed by atoms with Crippen LogP contribution in [0.3, 0.4) is 0 Å². The first kappa shape index (κ1) is 16.7. The predicted octanol–water partition coefficient (Wildman–Crippen LogP) is 1.93. The number of benzene rings is 1. The van der Waals surface area contributed by atoms with Crippen molar-refractivity contribution in [3.05, 3.63) is 58.6 Å². The van der Waals surface area contributed by atoms with Crippen molar-refractivity contribution in [2.45, 2.75) is 0 Å². The van der Waals surface area contributed by atoms with Gasteiger partial charge in [-0.1, -0.05) is 11.6 Å². The van der Waals surface area contributed by atoms with Crippen LogP contribution in [0.15, 0.2) is 36.5 Å². The Morgan fingerprint density at radius 1 is 1.30 bits per heavy atom. The van der Waals surface area contributed by atoms with Crippen LogP contribution in [0, 0.1) is 5.82 Å². The molecule has 0 aliphatic carbocycles. The van der Waals surface area contributed by atoms with E-state index in [2.05, 4.69) is 5.32 Å². The van der Waals surface area contributed by atoms with Gasteiger partial charge >= 0.3 is 5.97 Å². The van der Waals surface area contributed by atoms with Crippen LogP contribution in [0.1, 0.15) is 20.8 Å². The number of halogens is 2. The molecule has 0 fully saturated rings. The fourth-order valence-electron chi connectivity index (χ4n) is 1.79. The van der Waals surface area contributed by atoms with Crippen LogP contribution in [-0.2, 0) is 16.6 Å². The van der Waals surface area contributed by atoms with E-state index >= 15 is 0 Å². The quantitative estimate of drug-likeness (QED) is 0.864. The first-order chi connectivity index (χ1) is 10.9. The van der Waals surface area contributed by atoms with Gasteiger partial charge in [0.15, 0.2) is 6.61 Å². The standard InChI is InChI=1S/C15H12ClFN2O4/c1-19-6-2-3-12(19)14(21)18-13(20)8-23-15(22)10-5-4-9(17)7-11(10)16/h2-7H,8H2,1H3,(H,18,20,21). The molecule has 6 nitrogen and oxygen atoms in total. The highest BCUT2D eigenvalue weighted by molar-refractivity contribution is 6.33. The zero-order valence-electron chi connectivity index (χ0n) is 12.0. The summed E-state index contributed by atoms with van der Waals surface area (Å²) >= 11 is 5.71. The van der Waals surface area contributed by atoms with Crippen LogP contribution >= 0.6 is 11.6 Å². The summed E-state index contributed by atoms with van der Waals surface area (Å²) in [5, 5.41) is 1.96. The topological polar surface area (TPSA) is 77.4 Å². The lowest BCUT2D eigenvalue weighted by atomic mass is 10.2. The van der Waals surface area contributed by atoms with Gasteiger partial charge in [-0.15, -0.1) is 0 Å². The lowest BCUT2D eigenvalue weighted by Crippen LogP contribution is -2.35. The molecule has 2 rings (SSSR count). The largest absolute Gasteiger partial charge is 0.452 e. The molecule has 1 N–H and O–H groups in total. The maximum atomic E-state index is 12.9. The second kappa shape index (κ2) is 7.06. The average Bonchev–Trinajstić information content (AvgIpc) is 2.91. The Hall–Kier alpha value is -2.67. The number of imide groups is 1. The number of nitrogens with zero attached hydrogens (tertiary/aromatic N) is 1. The summed E-state index contributed by atoms with van der Waals surface area (Å²) in [6, 6.07) is 6.33. The number of aryl methyl sites for hydroxylation is 1. The van der Waals surface area contributed by atoms with E-state index in [1.165, 1.54) is 10.6 Å². The molecule has 1 aromatic heterocycles. The maximum absolute atomic E-state index is 12.9. The van der Waals surface area contributed by atoms with Crippen LogP contribution < -0.4 is 5.32 Å². The minimum atomic E-state index is -0.892. The van der Waals surface area contributed by atoms with Gasteiger partial charge in [0.2, 0.25) is 0 Å². The Bertz CT molecular complexity index is 773. The molecule has 0 aliphatic heterocycles. The van der Waals surface area contributed by atoms with Gasteiger partial charge < -0.3 is 9.30 Å². The normalized spacial score (nSPS) is 10.2. The Kier molecular flexibility index (Phi) is 5.13. The number of nitrogens with one attached hydrogen (secondary N) is 1. The minimum Gasteiger partial charge on any atom is -0.452 e. The highest BCUT2D eigenvalue weighted by Gasteiger charge is 2.17. The van der Waals surface area contributed by atoms with Crippen LogP contribution in [0.5, 0.6) is 0 Å². The number of amides is 2. The van der Waals surface area contributed by atoms with E-state index < -0.39 is 30.2 Å². The molecule has 23 heavy (non-hydrogen) atoms. The van der Waals surface area contributed by atoms with Crippen molar-refractivity contribution in [3.63, 3.8) is 0 Å². The molecule has 120 valence electrons. The van der Waals surface area contributed by atoms with Crippen molar-refractivity contribution in [1.29, 1.82) is 0 Å². The van der Waals surface area contributed by atoms with E-state index in [4.69, 9.17) is 16.3 Å². The maximum Gasteiger partial charge on any atom is 0.340 e. The van der Waals surface area contributed by atoms with Crippen molar-refractivity contribution in [1.82, 2.24) is 9.88 Å². The summed E-state index contributed by atoms with van der Waals surface area (Å²) in [6.07, 6.45) is 1.65. The van der Waals surface area contributed by atoms with E-state index in [0.717, 1.165) is 18.2 Å². The monoisotopic (exact) mass is 338 g/mol. The highest BCUT2D eigenvalue weighted by atomic mass is 35.5. The molecule has 0 atom stereocenters. The predicted molar refractivity (Wildman–Crippen MR) is 79.6 cm³/mol. The first-order valence-corrected chi connectivity index (χ1v) is 6.84. The van der Waals surface area contributed by atoms with Gasteiger partial charge in [-0.3, -0.25) is 14.9 Å². The van der Waals surface area contributed by atoms with Crippen LogP contribution in [-0.4, -0.2) is 29.0 Å². The fourth-order valence-corrected chi connectivity index (χ4v) is 2.03. The summed E-state index contributed by atoms with van der Waals surface area (Å²) in [5.74, 6) is -2.89. The molecule has 0 saturated carbocycles. The summed E-state index contributed by atoms with van der Waals surface area (Å²) in [7, 11) is 1.65. The number of ether oxygens (including phenoxy) is 1. The molecular formula is C15H12ClFN2O4. The average molecular weight is 339 g/mol. The van der Waals surface area contributed by atoms with Crippen LogP contribution in [0.2, 0.25) is 5.02 Å². The van der Waals surface area contributed by atoms with Crippen molar-refractivity contribution >= 4 is 29.4 Å². The molecule has 2 amide bonds. The second-order valence-electron chi connectivity index (χ2n) is 4.58. The number of aromatic nitrogens is 1. The number of carbonyl (C=O) groups excluding carboxylic acids is 3. The SMILES string of the molecule is Cn1cccc1C(=O)NC(=O)COC(=O)c1ccc(F)cc1Cl. The van der Waals surface area contributed by atoms with E-state index in [9.17, 15) is 18.8 Å². The Labute approximate surface area is 135 Å². The number of hydrogen-bond donors (Lipinski definition) is 1. The molecule has 1 aromatic carbocycles. The molecule has 0 bridgehead atoms. The van der Waals surface area contributed by atoms with Crippen LogP contribution in [0.4, 0.5) is 4.39 Å². The van der Waals surface area contributed by atoms with E-state index in [-0.39, 0.29) is 16.3 Å². The molecule has 2 aromatic rings. The lowest BCUT2D eigenvalue weighted by molar-refractivity contribution is -0.123. The minimum absolute atomic E-state index is 0.0744. The van der Waals surface area contributed by atoms with Gasteiger partial charge in [-0.25, -0.2) is 9.18 Å². The highest BCUT2D eigenvalue weighted by Crippen LogP contribution is 2.18. The first-order valence-electron chi connectivity index (χ1n) is 6.46. The summed E-state index contributed by atoms with van der Waals surface area (Å²) < 4.78 is 19.2. The van der Waals surface area contributed by atoms with Crippen LogP contribution in [0.25, 0.3) is 0 Å².